The first-order valence-electron chi connectivity index (χ1n) is 10.4. The Morgan fingerprint density at radius 1 is 1.23 bits per heavy atom. The van der Waals surface area contributed by atoms with E-state index in [-0.39, 0.29) is 6.10 Å². The van der Waals surface area contributed by atoms with Crippen molar-refractivity contribution in [1.29, 1.82) is 0 Å². The number of aliphatic hydroxyl groups is 1. The SMILES string of the molecule is CN=C(NCc1cccnc1OC1CCCC1)NCC(O)c1cc2ccccc2s1. The van der Waals surface area contributed by atoms with Gasteiger partial charge in [-0.3, -0.25) is 4.99 Å². The van der Waals surface area contributed by atoms with Crippen LogP contribution in [-0.2, 0) is 6.54 Å². The summed E-state index contributed by atoms with van der Waals surface area (Å²) in [6.45, 7) is 0.930. The Balaban J connectivity index is 1.32. The molecule has 1 fully saturated rings. The Morgan fingerprint density at radius 3 is 2.87 bits per heavy atom. The minimum Gasteiger partial charge on any atom is -0.474 e. The lowest BCUT2D eigenvalue weighted by molar-refractivity contribution is 0.184. The van der Waals surface area contributed by atoms with Gasteiger partial charge in [-0.1, -0.05) is 24.3 Å². The second-order valence-corrected chi connectivity index (χ2v) is 8.62. The van der Waals surface area contributed by atoms with Gasteiger partial charge in [-0.25, -0.2) is 4.98 Å². The highest BCUT2D eigenvalue weighted by Crippen LogP contribution is 2.29. The molecule has 3 aromatic rings. The van der Waals surface area contributed by atoms with Crippen LogP contribution in [0.4, 0.5) is 0 Å². The largest absolute Gasteiger partial charge is 0.474 e. The van der Waals surface area contributed by atoms with E-state index in [2.05, 4.69) is 32.7 Å². The molecule has 0 aliphatic heterocycles. The minimum atomic E-state index is -0.597. The number of fused-ring (bicyclic) bond motifs is 1. The molecule has 2 heterocycles. The fraction of sp³-hybridized carbons (Fsp3) is 0.391. The number of pyridine rings is 1. The minimum absolute atomic E-state index is 0.271. The van der Waals surface area contributed by atoms with Crippen molar-refractivity contribution in [2.24, 2.45) is 4.99 Å². The van der Waals surface area contributed by atoms with E-state index < -0.39 is 6.10 Å². The predicted molar refractivity (Wildman–Crippen MR) is 122 cm³/mol. The number of hydrogen-bond donors (Lipinski definition) is 3. The molecule has 2 aromatic heterocycles. The van der Waals surface area contributed by atoms with Crippen LogP contribution in [0.1, 0.15) is 42.2 Å². The second kappa shape index (κ2) is 9.91. The number of nitrogens with zero attached hydrogens (tertiary/aromatic N) is 2. The van der Waals surface area contributed by atoms with Crippen molar-refractivity contribution < 1.29 is 9.84 Å². The number of ether oxygens (including phenoxy) is 1. The van der Waals surface area contributed by atoms with Gasteiger partial charge in [-0.15, -0.1) is 11.3 Å². The van der Waals surface area contributed by atoms with Crippen LogP contribution in [0.25, 0.3) is 10.1 Å². The fourth-order valence-corrected chi connectivity index (χ4v) is 4.74. The molecule has 1 saturated carbocycles. The van der Waals surface area contributed by atoms with E-state index >= 15 is 0 Å². The molecule has 6 nitrogen and oxygen atoms in total. The number of nitrogens with one attached hydrogen (secondary N) is 2. The zero-order chi connectivity index (χ0) is 20.8. The zero-order valence-corrected chi connectivity index (χ0v) is 18.0. The number of aromatic nitrogens is 1. The summed E-state index contributed by atoms with van der Waals surface area (Å²) in [6.07, 6.45) is 6.09. The highest BCUT2D eigenvalue weighted by atomic mass is 32.1. The predicted octanol–water partition coefficient (Wildman–Crippen LogP) is 4.02. The lowest BCUT2D eigenvalue weighted by Crippen LogP contribution is -2.39. The molecule has 0 saturated heterocycles. The van der Waals surface area contributed by atoms with E-state index in [9.17, 15) is 5.11 Å². The molecule has 30 heavy (non-hydrogen) atoms. The van der Waals surface area contributed by atoms with E-state index in [4.69, 9.17) is 4.74 Å². The van der Waals surface area contributed by atoms with Gasteiger partial charge in [0.05, 0.1) is 0 Å². The molecule has 1 aliphatic carbocycles. The Morgan fingerprint density at radius 2 is 2.07 bits per heavy atom. The topological polar surface area (TPSA) is 78.8 Å². The summed E-state index contributed by atoms with van der Waals surface area (Å²) in [5, 5.41) is 18.3. The Labute approximate surface area is 181 Å². The molecule has 1 aliphatic rings. The van der Waals surface area contributed by atoms with Gasteiger partial charge in [0.25, 0.3) is 0 Å². The van der Waals surface area contributed by atoms with E-state index in [0.717, 1.165) is 28.7 Å². The second-order valence-electron chi connectivity index (χ2n) is 7.50. The Kier molecular flexibility index (Phi) is 6.81. The quantitative estimate of drug-likeness (QED) is 0.394. The molecule has 0 bridgehead atoms. The van der Waals surface area contributed by atoms with E-state index in [1.807, 2.05) is 30.3 Å². The van der Waals surface area contributed by atoms with E-state index in [1.54, 1.807) is 24.6 Å². The maximum absolute atomic E-state index is 10.6. The van der Waals surface area contributed by atoms with Crippen LogP contribution in [0.15, 0.2) is 53.7 Å². The van der Waals surface area contributed by atoms with Crippen LogP contribution in [-0.4, -0.2) is 35.7 Å². The summed E-state index contributed by atoms with van der Waals surface area (Å²) < 4.78 is 7.29. The molecule has 0 radical (unpaired) electrons. The number of aliphatic hydroxyl groups excluding tert-OH is 1. The third-order valence-electron chi connectivity index (χ3n) is 5.34. The molecule has 158 valence electrons. The van der Waals surface area contributed by atoms with Crippen molar-refractivity contribution in [3.8, 4) is 5.88 Å². The molecule has 4 rings (SSSR count). The summed E-state index contributed by atoms with van der Waals surface area (Å²) in [7, 11) is 1.72. The van der Waals surface area contributed by atoms with Crippen LogP contribution in [0.2, 0.25) is 0 Å². The maximum Gasteiger partial charge on any atom is 0.218 e. The average molecular weight is 425 g/mol. The lowest BCUT2D eigenvalue weighted by atomic mass is 10.2. The lowest BCUT2D eigenvalue weighted by Gasteiger charge is -2.17. The fourth-order valence-electron chi connectivity index (χ4n) is 3.69. The van der Waals surface area contributed by atoms with Gasteiger partial charge < -0.3 is 20.5 Å². The van der Waals surface area contributed by atoms with E-state index in [0.29, 0.717) is 24.9 Å². The third-order valence-corrected chi connectivity index (χ3v) is 6.55. The molecule has 0 spiro atoms. The van der Waals surface area contributed by atoms with Crippen molar-refractivity contribution in [3.63, 3.8) is 0 Å². The third kappa shape index (κ3) is 5.09. The van der Waals surface area contributed by atoms with Crippen LogP contribution in [0, 0.1) is 0 Å². The normalized spacial score (nSPS) is 16.0. The zero-order valence-electron chi connectivity index (χ0n) is 17.2. The molecular formula is C23H28N4O2S. The summed E-state index contributed by atoms with van der Waals surface area (Å²) in [4.78, 5) is 9.63. The summed E-state index contributed by atoms with van der Waals surface area (Å²) in [5.74, 6) is 1.32. The molecule has 1 atom stereocenters. The van der Waals surface area contributed by atoms with Gasteiger partial charge in [-0.05, 0) is 49.3 Å². The van der Waals surface area contributed by atoms with Gasteiger partial charge in [0, 0.05) is 41.5 Å². The maximum atomic E-state index is 10.6. The first-order chi connectivity index (χ1) is 14.7. The first kappa shape index (κ1) is 20.6. The molecule has 1 aromatic carbocycles. The smallest absolute Gasteiger partial charge is 0.218 e. The molecule has 7 heteroatoms. The van der Waals surface area contributed by atoms with Crippen molar-refractivity contribution in [3.05, 3.63) is 59.1 Å². The molecular weight excluding hydrogens is 396 g/mol. The van der Waals surface area contributed by atoms with Gasteiger partial charge in [0.1, 0.15) is 12.2 Å². The number of aliphatic imine (C=N–C) groups is 1. The number of thiophene rings is 1. The Hall–Kier alpha value is -2.64. The summed E-state index contributed by atoms with van der Waals surface area (Å²) in [5.41, 5.74) is 0.998. The molecule has 3 N–H and O–H groups in total. The average Bonchev–Trinajstić information content (AvgIpc) is 3.44. The van der Waals surface area contributed by atoms with Gasteiger partial charge >= 0.3 is 0 Å². The number of benzene rings is 1. The summed E-state index contributed by atoms with van der Waals surface area (Å²) >= 11 is 1.62. The van der Waals surface area contributed by atoms with Gasteiger partial charge in [-0.2, -0.15) is 0 Å². The van der Waals surface area contributed by atoms with Crippen molar-refractivity contribution >= 4 is 27.4 Å². The van der Waals surface area contributed by atoms with Gasteiger partial charge in [0.15, 0.2) is 5.96 Å². The van der Waals surface area contributed by atoms with Crippen LogP contribution in [0.5, 0.6) is 5.88 Å². The standard InChI is InChI=1S/C23H28N4O2S/c1-24-23(27-15-19(28)21-13-16-7-2-5-11-20(16)30-21)26-14-17-8-6-12-25-22(17)29-18-9-3-4-10-18/h2,5-8,11-13,18-19,28H,3-4,9-10,14-15H2,1H3,(H2,24,26,27). The van der Waals surface area contributed by atoms with Gasteiger partial charge in [0.2, 0.25) is 5.88 Å². The van der Waals surface area contributed by atoms with Crippen LogP contribution >= 0.6 is 11.3 Å². The summed E-state index contributed by atoms with van der Waals surface area (Å²) in [6, 6.07) is 14.1. The number of hydrogen-bond acceptors (Lipinski definition) is 5. The number of rotatable bonds is 7. The molecule has 0 amide bonds. The van der Waals surface area contributed by atoms with Crippen molar-refractivity contribution in [2.75, 3.05) is 13.6 Å². The monoisotopic (exact) mass is 424 g/mol. The van der Waals surface area contributed by atoms with Crippen molar-refractivity contribution in [1.82, 2.24) is 15.6 Å². The highest BCUT2D eigenvalue weighted by molar-refractivity contribution is 7.19. The van der Waals surface area contributed by atoms with E-state index in [1.165, 1.54) is 17.5 Å². The molecule has 1 unspecified atom stereocenters. The van der Waals surface area contributed by atoms with Crippen LogP contribution in [0.3, 0.4) is 0 Å². The van der Waals surface area contributed by atoms with Crippen LogP contribution < -0.4 is 15.4 Å². The first-order valence-corrected chi connectivity index (χ1v) is 11.3. The Bertz CT molecular complexity index is 965. The van der Waals surface area contributed by atoms with Crippen molar-refractivity contribution in [2.45, 2.75) is 44.4 Å². The highest BCUT2D eigenvalue weighted by Gasteiger charge is 2.19. The number of guanidine groups is 1.